The molecular weight excluding hydrogens is 460 g/mol. The highest BCUT2D eigenvalue weighted by Gasteiger charge is 2.14. The molecule has 0 heterocycles. The van der Waals surface area contributed by atoms with Crippen LogP contribution in [-0.4, -0.2) is 23.1 Å². The molecule has 1 atom stereocenters. The standard InChI is InChI=1S/C33H62O4/c1-3-5-7-9-11-13-14-15-17-22-26-30-33(36)37-31(27-23-19-16-12-10-8-6-4-2)28-24-20-18-21-25-29-32(34)35/h9,11,31H,3-8,10,12-30H2,1-2H3,(H,34,35)/b11-9-. The topological polar surface area (TPSA) is 63.6 Å². The molecule has 0 aliphatic carbocycles. The zero-order chi connectivity index (χ0) is 27.2. The van der Waals surface area contributed by atoms with E-state index in [1.54, 1.807) is 0 Å². The Bertz CT molecular complexity index is 528. The van der Waals surface area contributed by atoms with Crippen LogP contribution < -0.4 is 0 Å². The molecule has 0 fully saturated rings. The molecule has 0 aromatic carbocycles. The summed E-state index contributed by atoms with van der Waals surface area (Å²) in [5, 5.41) is 8.76. The Morgan fingerprint density at radius 2 is 1.00 bits per heavy atom. The maximum absolute atomic E-state index is 12.5. The molecule has 0 aliphatic rings. The molecule has 37 heavy (non-hydrogen) atoms. The van der Waals surface area contributed by atoms with Gasteiger partial charge in [0.1, 0.15) is 6.10 Å². The van der Waals surface area contributed by atoms with Crippen LogP contribution in [0.3, 0.4) is 0 Å². The lowest BCUT2D eigenvalue weighted by atomic mass is 10.0. The lowest BCUT2D eigenvalue weighted by molar-refractivity contribution is -0.150. The number of hydrogen-bond acceptors (Lipinski definition) is 3. The molecular formula is C33H62O4. The van der Waals surface area contributed by atoms with Gasteiger partial charge in [-0.3, -0.25) is 9.59 Å². The van der Waals surface area contributed by atoms with E-state index in [-0.39, 0.29) is 18.5 Å². The predicted molar refractivity (Wildman–Crippen MR) is 158 cm³/mol. The molecule has 4 nitrogen and oxygen atoms in total. The van der Waals surface area contributed by atoms with Crippen molar-refractivity contribution in [3.8, 4) is 0 Å². The van der Waals surface area contributed by atoms with Crippen LogP contribution >= 0.6 is 0 Å². The largest absolute Gasteiger partial charge is 0.481 e. The summed E-state index contributed by atoms with van der Waals surface area (Å²) in [6.07, 6.45) is 33.6. The number of ether oxygens (including phenoxy) is 1. The maximum atomic E-state index is 12.5. The molecule has 0 rings (SSSR count). The molecule has 0 aliphatic heterocycles. The lowest BCUT2D eigenvalue weighted by Crippen LogP contribution is -2.18. The van der Waals surface area contributed by atoms with E-state index < -0.39 is 5.97 Å². The molecule has 4 heteroatoms. The molecule has 0 spiro atoms. The Balaban J connectivity index is 4.05. The van der Waals surface area contributed by atoms with Crippen molar-refractivity contribution in [2.75, 3.05) is 0 Å². The van der Waals surface area contributed by atoms with E-state index in [1.165, 1.54) is 89.9 Å². The number of allylic oxidation sites excluding steroid dienone is 2. The van der Waals surface area contributed by atoms with Crippen molar-refractivity contribution in [1.82, 2.24) is 0 Å². The zero-order valence-electron chi connectivity index (χ0n) is 24.8. The number of carbonyl (C=O) groups excluding carboxylic acids is 1. The van der Waals surface area contributed by atoms with Crippen LogP contribution in [0.2, 0.25) is 0 Å². The molecule has 0 aromatic heterocycles. The van der Waals surface area contributed by atoms with Gasteiger partial charge in [0.05, 0.1) is 0 Å². The highest BCUT2D eigenvalue weighted by atomic mass is 16.5. The zero-order valence-corrected chi connectivity index (χ0v) is 24.8. The van der Waals surface area contributed by atoms with Crippen molar-refractivity contribution in [1.29, 1.82) is 0 Å². The van der Waals surface area contributed by atoms with Gasteiger partial charge in [0.25, 0.3) is 0 Å². The summed E-state index contributed by atoms with van der Waals surface area (Å²) < 4.78 is 5.94. The number of esters is 1. The SMILES string of the molecule is CCCC/C=C\CCCCCCCC(=O)OC(CCCCCCCCCC)CCCCCCCC(=O)O. The summed E-state index contributed by atoms with van der Waals surface area (Å²) in [5.41, 5.74) is 0. The van der Waals surface area contributed by atoms with Crippen molar-refractivity contribution >= 4 is 11.9 Å². The van der Waals surface area contributed by atoms with Crippen molar-refractivity contribution in [3.05, 3.63) is 12.2 Å². The van der Waals surface area contributed by atoms with E-state index >= 15 is 0 Å². The molecule has 0 saturated carbocycles. The number of carbonyl (C=O) groups is 2. The first-order chi connectivity index (χ1) is 18.1. The number of rotatable bonds is 29. The van der Waals surface area contributed by atoms with Crippen LogP contribution in [-0.2, 0) is 14.3 Å². The normalized spacial score (nSPS) is 12.3. The summed E-state index contributed by atoms with van der Waals surface area (Å²) in [6.45, 7) is 4.49. The number of aliphatic carboxylic acids is 1. The van der Waals surface area contributed by atoms with Gasteiger partial charge in [-0.25, -0.2) is 0 Å². The number of unbranched alkanes of at least 4 members (excludes halogenated alkanes) is 18. The van der Waals surface area contributed by atoms with Crippen LogP contribution in [0.1, 0.15) is 181 Å². The third kappa shape index (κ3) is 29.1. The van der Waals surface area contributed by atoms with Crippen molar-refractivity contribution in [2.24, 2.45) is 0 Å². The van der Waals surface area contributed by atoms with Gasteiger partial charge in [0.15, 0.2) is 0 Å². The Morgan fingerprint density at radius 3 is 1.54 bits per heavy atom. The van der Waals surface area contributed by atoms with Gasteiger partial charge >= 0.3 is 11.9 Å². The molecule has 0 saturated heterocycles. The van der Waals surface area contributed by atoms with E-state index in [1.807, 2.05) is 0 Å². The summed E-state index contributed by atoms with van der Waals surface area (Å²) in [7, 11) is 0. The Kier molecular flexibility index (Phi) is 28.2. The van der Waals surface area contributed by atoms with E-state index in [9.17, 15) is 9.59 Å². The Morgan fingerprint density at radius 1 is 0.568 bits per heavy atom. The van der Waals surface area contributed by atoms with Crippen molar-refractivity contribution < 1.29 is 19.4 Å². The minimum atomic E-state index is -0.702. The van der Waals surface area contributed by atoms with Gasteiger partial charge in [-0.2, -0.15) is 0 Å². The Labute approximate surface area is 230 Å². The molecule has 0 aromatic rings. The first-order valence-electron chi connectivity index (χ1n) is 16.2. The summed E-state index contributed by atoms with van der Waals surface area (Å²) in [4.78, 5) is 23.1. The maximum Gasteiger partial charge on any atom is 0.306 e. The van der Waals surface area contributed by atoms with Crippen LogP contribution in [0.15, 0.2) is 12.2 Å². The first-order valence-corrected chi connectivity index (χ1v) is 16.2. The fourth-order valence-electron chi connectivity index (χ4n) is 4.81. The lowest BCUT2D eigenvalue weighted by Gasteiger charge is -2.18. The molecule has 0 amide bonds. The second-order valence-electron chi connectivity index (χ2n) is 11.0. The van der Waals surface area contributed by atoms with E-state index in [4.69, 9.17) is 9.84 Å². The van der Waals surface area contributed by atoms with Gasteiger partial charge in [-0.15, -0.1) is 0 Å². The Hall–Kier alpha value is -1.32. The minimum Gasteiger partial charge on any atom is -0.481 e. The molecule has 0 radical (unpaired) electrons. The third-order valence-electron chi connectivity index (χ3n) is 7.24. The molecule has 1 unspecified atom stereocenters. The third-order valence-corrected chi connectivity index (χ3v) is 7.24. The smallest absolute Gasteiger partial charge is 0.306 e. The molecule has 218 valence electrons. The minimum absolute atomic E-state index is 0.00937. The first kappa shape index (κ1) is 35.7. The number of carboxylic acids is 1. The van der Waals surface area contributed by atoms with Gasteiger partial charge in [0.2, 0.25) is 0 Å². The number of hydrogen-bond donors (Lipinski definition) is 1. The predicted octanol–water partition coefficient (Wildman–Crippen LogP) is 10.7. The van der Waals surface area contributed by atoms with Crippen LogP contribution in [0.5, 0.6) is 0 Å². The monoisotopic (exact) mass is 522 g/mol. The van der Waals surface area contributed by atoms with Gasteiger partial charge in [0, 0.05) is 12.8 Å². The van der Waals surface area contributed by atoms with Crippen LogP contribution in [0.25, 0.3) is 0 Å². The summed E-state index contributed by atoms with van der Waals surface area (Å²) >= 11 is 0. The average Bonchev–Trinajstić information content (AvgIpc) is 2.87. The fraction of sp³-hybridized carbons (Fsp3) is 0.879. The van der Waals surface area contributed by atoms with E-state index in [2.05, 4.69) is 26.0 Å². The van der Waals surface area contributed by atoms with Gasteiger partial charge < -0.3 is 9.84 Å². The van der Waals surface area contributed by atoms with Crippen molar-refractivity contribution in [2.45, 2.75) is 187 Å². The summed E-state index contributed by atoms with van der Waals surface area (Å²) in [5.74, 6) is -0.711. The fourth-order valence-corrected chi connectivity index (χ4v) is 4.81. The molecule has 0 bridgehead atoms. The van der Waals surface area contributed by atoms with Gasteiger partial charge in [-0.05, 0) is 57.8 Å². The second kappa shape index (κ2) is 29.2. The highest BCUT2D eigenvalue weighted by Crippen LogP contribution is 2.18. The molecule has 1 N–H and O–H groups in total. The van der Waals surface area contributed by atoms with Crippen molar-refractivity contribution in [3.63, 3.8) is 0 Å². The quantitative estimate of drug-likeness (QED) is 0.0602. The second-order valence-corrected chi connectivity index (χ2v) is 11.0. The van der Waals surface area contributed by atoms with E-state index in [0.717, 1.165) is 64.2 Å². The van der Waals surface area contributed by atoms with E-state index in [0.29, 0.717) is 6.42 Å². The van der Waals surface area contributed by atoms with Crippen LogP contribution in [0.4, 0.5) is 0 Å². The van der Waals surface area contributed by atoms with Crippen LogP contribution in [0, 0.1) is 0 Å². The highest BCUT2D eigenvalue weighted by molar-refractivity contribution is 5.69. The number of carboxylic acid groups (broad SMARTS) is 1. The van der Waals surface area contributed by atoms with Gasteiger partial charge in [-0.1, -0.05) is 122 Å². The summed E-state index contributed by atoms with van der Waals surface area (Å²) in [6, 6.07) is 0. The average molecular weight is 523 g/mol.